The van der Waals surface area contributed by atoms with Gasteiger partial charge < -0.3 is 25.1 Å². The number of hydrogen-bond acceptors (Lipinski definition) is 5. The molecule has 3 amide bonds. The Balaban J connectivity index is 1.28. The molecule has 4 rings (SSSR count). The average Bonchev–Trinajstić information content (AvgIpc) is 3.34. The van der Waals surface area contributed by atoms with Crippen molar-refractivity contribution in [2.45, 2.75) is 25.7 Å². The summed E-state index contributed by atoms with van der Waals surface area (Å²) >= 11 is 6.05. The Morgan fingerprint density at radius 3 is 2.76 bits per heavy atom. The zero-order chi connectivity index (χ0) is 23.2. The van der Waals surface area contributed by atoms with E-state index in [1.54, 1.807) is 30.3 Å². The third-order valence-corrected chi connectivity index (χ3v) is 5.27. The highest BCUT2D eigenvalue weighted by atomic mass is 35.5. The number of nitrogens with one attached hydrogen (secondary N) is 3. The van der Waals surface area contributed by atoms with Crippen LogP contribution >= 0.6 is 11.6 Å². The molecule has 33 heavy (non-hydrogen) atoms. The maximum Gasteiger partial charge on any atom is 0.291 e. The summed E-state index contributed by atoms with van der Waals surface area (Å²) in [5, 5.41) is 8.74. The first-order valence-corrected chi connectivity index (χ1v) is 10.9. The predicted molar refractivity (Wildman–Crippen MR) is 125 cm³/mol. The van der Waals surface area contributed by atoms with Crippen LogP contribution in [0.25, 0.3) is 0 Å². The molecule has 9 heteroatoms. The molecule has 1 aliphatic rings. The first kappa shape index (κ1) is 22.4. The number of carbonyl (C=O) groups is 3. The van der Waals surface area contributed by atoms with E-state index in [2.05, 4.69) is 16.0 Å². The largest absolute Gasteiger partial charge is 0.494 e. The summed E-state index contributed by atoms with van der Waals surface area (Å²) in [6.07, 6.45) is 3.28. The van der Waals surface area contributed by atoms with Crippen molar-refractivity contribution < 1.29 is 23.5 Å². The molecule has 0 saturated heterocycles. The monoisotopic (exact) mass is 467 g/mol. The zero-order valence-corrected chi connectivity index (χ0v) is 18.4. The molecule has 0 saturated carbocycles. The van der Waals surface area contributed by atoms with Crippen LogP contribution in [0.2, 0.25) is 5.02 Å². The number of amides is 3. The Hall–Kier alpha value is -3.78. The Morgan fingerprint density at radius 2 is 1.94 bits per heavy atom. The number of hydrogen-bond donors (Lipinski definition) is 3. The fourth-order valence-electron chi connectivity index (χ4n) is 3.41. The molecule has 0 radical (unpaired) electrons. The van der Waals surface area contributed by atoms with Gasteiger partial charge in [-0.05, 0) is 66.9 Å². The third kappa shape index (κ3) is 5.93. The van der Waals surface area contributed by atoms with E-state index >= 15 is 0 Å². The summed E-state index contributed by atoms with van der Waals surface area (Å²) in [5.41, 5.74) is 2.66. The van der Waals surface area contributed by atoms with Crippen LogP contribution in [-0.4, -0.2) is 24.3 Å². The van der Waals surface area contributed by atoms with E-state index in [1.165, 1.54) is 12.3 Å². The Labute approximate surface area is 195 Å². The zero-order valence-electron chi connectivity index (χ0n) is 17.7. The molecule has 170 valence electrons. The summed E-state index contributed by atoms with van der Waals surface area (Å²) in [4.78, 5) is 36.2. The van der Waals surface area contributed by atoms with Crippen LogP contribution in [0.15, 0.2) is 59.2 Å². The van der Waals surface area contributed by atoms with Crippen molar-refractivity contribution in [1.82, 2.24) is 0 Å². The van der Waals surface area contributed by atoms with Gasteiger partial charge in [-0.15, -0.1) is 0 Å². The lowest BCUT2D eigenvalue weighted by Crippen LogP contribution is -2.19. The highest BCUT2D eigenvalue weighted by Crippen LogP contribution is 2.28. The van der Waals surface area contributed by atoms with Gasteiger partial charge in [-0.1, -0.05) is 11.6 Å². The minimum atomic E-state index is -0.448. The van der Waals surface area contributed by atoms with Gasteiger partial charge in [0, 0.05) is 23.6 Å². The van der Waals surface area contributed by atoms with Crippen LogP contribution in [0, 0.1) is 0 Å². The summed E-state index contributed by atoms with van der Waals surface area (Å²) in [7, 11) is 0. The molecule has 2 aromatic carbocycles. The molecule has 1 aliphatic heterocycles. The highest BCUT2D eigenvalue weighted by molar-refractivity contribution is 6.31. The SMILES string of the molecule is O=C1CCc2cc(OCCCC(=O)Nc3ccc(Cl)cc3NC(=O)c3ccco3)ccc2N1. The van der Waals surface area contributed by atoms with Crippen molar-refractivity contribution >= 4 is 46.4 Å². The van der Waals surface area contributed by atoms with Crippen molar-refractivity contribution in [2.24, 2.45) is 0 Å². The number of furan rings is 1. The molecule has 3 aromatic rings. The summed E-state index contributed by atoms with van der Waals surface area (Å²) < 4.78 is 10.8. The molecular formula is C24H22ClN3O5. The van der Waals surface area contributed by atoms with Crippen molar-refractivity contribution in [3.63, 3.8) is 0 Å². The van der Waals surface area contributed by atoms with Gasteiger partial charge in [0.25, 0.3) is 5.91 Å². The topological polar surface area (TPSA) is 110 Å². The number of fused-ring (bicyclic) bond motifs is 1. The lowest BCUT2D eigenvalue weighted by molar-refractivity contribution is -0.117. The van der Waals surface area contributed by atoms with Crippen LogP contribution in [0.1, 0.15) is 35.4 Å². The molecule has 0 bridgehead atoms. The maximum absolute atomic E-state index is 12.4. The van der Waals surface area contributed by atoms with Gasteiger partial charge in [0.05, 0.1) is 24.2 Å². The lowest BCUT2D eigenvalue weighted by atomic mass is 10.0. The Bertz CT molecular complexity index is 1180. The van der Waals surface area contributed by atoms with Crippen LogP contribution < -0.4 is 20.7 Å². The van der Waals surface area contributed by atoms with E-state index in [4.69, 9.17) is 20.8 Å². The van der Waals surface area contributed by atoms with E-state index in [1.807, 2.05) is 12.1 Å². The molecule has 0 spiro atoms. The highest BCUT2D eigenvalue weighted by Gasteiger charge is 2.16. The van der Waals surface area contributed by atoms with Gasteiger partial charge in [0.2, 0.25) is 11.8 Å². The fourth-order valence-corrected chi connectivity index (χ4v) is 3.58. The van der Waals surface area contributed by atoms with Crippen molar-refractivity contribution in [1.29, 1.82) is 0 Å². The Kier molecular flexibility index (Phi) is 6.95. The van der Waals surface area contributed by atoms with E-state index in [0.717, 1.165) is 11.3 Å². The average molecular weight is 468 g/mol. The van der Waals surface area contributed by atoms with Crippen molar-refractivity contribution in [2.75, 3.05) is 22.6 Å². The first-order valence-electron chi connectivity index (χ1n) is 10.5. The number of benzene rings is 2. The van der Waals surface area contributed by atoms with Crippen molar-refractivity contribution in [3.8, 4) is 5.75 Å². The minimum Gasteiger partial charge on any atom is -0.494 e. The van der Waals surface area contributed by atoms with E-state index in [0.29, 0.717) is 48.0 Å². The Morgan fingerprint density at radius 1 is 1.06 bits per heavy atom. The molecule has 0 atom stereocenters. The molecule has 0 fully saturated rings. The quantitative estimate of drug-likeness (QED) is 0.409. The molecule has 8 nitrogen and oxygen atoms in total. The normalized spacial score (nSPS) is 12.5. The van der Waals surface area contributed by atoms with E-state index in [9.17, 15) is 14.4 Å². The van der Waals surface area contributed by atoms with Gasteiger partial charge >= 0.3 is 0 Å². The molecule has 1 aromatic heterocycles. The number of halogens is 1. The van der Waals surface area contributed by atoms with Crippen molar-refractivity contribution in [3.05, 3.63) is 71.1 Å². The maximum atomic E-state index is 12.4. The summed E-state index contributed by atoms with van der Waals surface area (Å²) in [6.45, 7) is 0.362. The second-order valence-corrected chi connectivity index (χ2v) is 7.93. The standard InChI is InChI=1S/C24H22ClN3O5/c25-16-6-8-19(20(14-16)28-24(31)21-3-1-12-33-21)27-22(29)4-2-11-32-17-7-9-18-15(13-17)5-10-23(30)26-18/h1,3,6-9,12-14H,2,4-5,10-11H2,(H,26,30)(H,27,29)(H,28,31). The van der Waals surface area contributed by atoms with Gasteiger partial charge in [0.15, 0.2) is 5.76 Å². The van der Waals surface area contributed by atoms with Gasteiger partial charge in [-0.3, -0.25) is 14.4 Å². The molecular weight excluding hydrogens is 446 g/mol. The summed E-state index contributed by atoms with van der Waals surface area (Å²) in [6, 6.07) is 13.5. The second kappa shape index (κ2) is 10.2. The number of aryl methyl sites for hydroxylation is 1. The molecule has 2 heterocycles. The minimum absolute atomic E-state index is 0.0200. The van der Waals surface area contributed by atoms with E-state index in [-0.39, 0.29) is 24.0 Å². The van der Waals surface area contributed by atoms with E-state index < -0.39 is 5.91 Å². The van der Waals surface area contributed by atoms with Crippen LogP contribution in [-0.2, 0) is 16.0 Å². The smallest absolute Gasteiger partial charge is 0.291 e. The van der Waals surface area contributed by atoms with Crippen LogP contribution in [0.4, 0.5) is 17.1 Å². The molecule has 3 N–H and O–H groups in total. The predicted octanol–water partition coefficient (Wildman–Crippen LogP) is 4.87. The van der Waals surface area contributed by atoms with Gasteiger partial charge in [-0.25, -0.2) is 0 Å². The third-order valence-electron chi connectivity index (χ3n) is 5.04. The van der Waals surface area contributed by atoms with Crippen LogP contribution in [0.5, 0.6) is 5.75 Å². The summed E-state index contributed by atoms with van der Waals surface area (Å²) in [5.74, 6) is 0.199. The molecule has 0 unspecified atom stereocenters. The first-order chi connectivity index (χ1) is 16.0. The van der Waals surface area contributed by atoms with Gasteiger partial charge in [0.1, 0.15) is 5.75 Å². The number of anilines is 3. The number of carbonyl (C=O) groups excluding carboxylic acids is 3. The fraction of sp³-hybridized carbons (Fsp3) is 0.208. The number of ether oxygens (including phenoxy) is 1. The lowest BCUT2D eigenvalue weighted by Gasteiger charge is -2.17. The molecule has 0 aliphatic carbocycles. The van der Waals surface area contributed by atoms with Gasteiger partial charge in [-0.2, -0.15) is 0 Å². The number of rotatable bonds is 8. The van der Waals surface area contributed by atoms with Crippen LogP contribution in [0.3, 0.4) is 0 Å². The second-order valence-electron chi connectivity index (χ2n) is 7.49.